The molecule has 2 heteroatoms. The summed E-state index contributed by atoms with van der Waals surface area (Å²) in [5.74, 6) is 0.726. The molecule has 1 aromatic rings. The van der Waals surface area contributed by atoms with Crippen LogP contribution < -0.4 is 11.1 Å². The van der Waals surface area contributed by atoms with Gasteiger partial charge in [-0.05, 0) is 50.3 Å². The molecular weight excluding hydrogens is 220 g/mol. The van der Waals surface area contributed by atoms with Gasteiger partial charge in [0.1, 0.15) is 0 Å². The van der Waals surface area contributed by atoms with E-state index >= 15 is 0 Å². The summed E-state index contributed by atoms with van der Waals surface area (Å²) in [5.41, 5.74) is 8.62. The average molecular weight is 248 g/mol. The van der Waals surface area contributed by atoms with Crippen LogP contribution >= 0.6 is 0 Å². The van der Waals surface area contributed by atoms with Gasteiger partial charge in [0.25, 0.3) is 0 Å². The van der Waals surface area contributed by atoms with Crippen LogP contribution in [0.5, 0.6) is 0 Å². The van der Waals surface area contributed by atoms with Crippen molar-refractivity contribution in [3.8, 4) is 0 Å². The highest BCUT2D eigenvalue weighted by Crippen LogP contribution is 2.10. The van der Waals surface area contributed by atoms with Crippen molar-refractivity contribution in [2.45, 2.75) is 46.1 Å². The van der Waals surface area contributed by atoms with E-state index in [0.717, 1.165) is 25.4 Å². The zero-order valence-corrected chi connectivity index (χ0v) is 12.3. The summed E-state index contributed by atoms with van der Waals surface area (Å²) < 4.78 is 0. The first kappa shape index (κ1) is 15.2. The van der Waals surface area contributed by atoms with Crippen molar-refractivity contribution in [2.75, 3.05) is 13.1 Å². The predicted octanol–water partition coefficient (Wildman–Crippen LogP) is 2.75. The predicted molar refractivity (Wildman–Crippen MR) is 79.8 cm³/mol. The molecule has 0 aliphatic rings. The summed E-state index contributed by atoms with van der Waals surface area (Å²) in [7, 11) is 0. The van der Waals surface area contributed by atoms with Crippen LogP contribution in [0.2, 0.25) is 0 Å². The molecule has 0 heterocycles. The highest BCUT2D eigenvalue weighted by atomic mass is 14.9. The Labute approximate surface area is 112 Å². The maximum Gasteiger partial charge on any atom is 0.0223 e. The molecule has 0 saturated heterocycles. The molecule has 0 aliphatic carbocycles. The van der Waals surface area contributed by atoms with Gasteiger partial charge in [0, 0.05) is 12.1 Å². The lowest BCUT2D eigenvalue weighted by Gasteiger charge is -2.18. The maximum atomic E-state index is 5.92. The molecule has 0 bridgehead atoms. The van der Waals surface area contributed by atoms with Gasteiger partial charge in [-0.1, -0.05) is 38.1 Å². The number of rotatable bonds is 7. The zero-order chi connectivity index (χ0) is 13.6. The summed E-state index contributed by atoms with van der Waals surface area (Å²) in [5, 5.41) is 3.40. The van der Waals surface area contributed by atoms with Crippen molar-refractivity contribution in [3.63, 3.8) is 0 Å². The van der Waals surface area contributed by atoms with Gasteiger partial charge in [0.2, 0.25) is 0 Å². The first-order valence-electron chi connectivity index (χ1n) is 6.94. The quantitative estimate of drug-likeness (QED) is 0.728. The highest BCUT2D eigenvalue weighted by molar-refractivity contribution is 5.23. The lowest BCUT2D eigenvalue weighted by Crippen LogP contribution is -2.43. The van der Waals surface area contributed by atoms with E-state index < -0.39 is 0 Å². The van der Waals surface area contributed by atoms with Gasteiger partial charge in [0.05, 0.1) is 0 Å². The second kappa shape index (κ2) is 6.91. The van der Waals surface area contributed by atoms with Gasteiger partial charge < -0.3 is 11.1 Å². The topological polar surface area (TPSA) is 38.0 Å². The van der Waals surface area contributed by atoms with Crippen LogP contribution in [-0.2, 0) is 12.8 Å². The molecular formula is C16H28N2. The Balaban J connectivity index is 2.31. The first-order chi connectivity index (χ1) is 8.37. The summed E-state index contributed by atoms with van der Waals surface area (Å²) in [4.78, 5) is 0. The number of nitrogens with two attached hydrogens (primary N) is 1. The minimum absolute atomic E-state index is 0.124. The van der Waals surface area contributed by atoms with E-state index in [9.17, 15) is 0 Å². The molecule has 1 aromatic carbocycles. The molecule has 1 rings (SSSR count). The Morgan fingerprint density at radius 2 is 1.67 bits per heavy atom. The minimum atomic E-state index is -0.124. The van der Waals surface area contributed by atoms with Crippen LogP contribution in [0.1, 0.15) is 38.8 Å². The molecule has 2 nitrogen and oxygen atoms in total. The van der Waals surface area contributed by atoms with E-state index in [1.54, 1.807) is 0 Å². The Kier molecular flexibility index (Phi) is 5.83. The van der Waals surface area contributed by atoms with Gasteiger partial charge in [-0.15, -0.1) is 0 Å². The molecule has 0 amide bonds. The monoisotopic (exact) mass is 248 g/mol. The largest absolute Gasteiger partial charge is 0.324 e. The SMILES string of the molecule is CC(C)Cc1ccc(CCNCC(C)(C)N)cc1. The molecule has 0 aliphatic heterocycles. The number of hydrogen-bond donors (Lipinski definition) is 2. The zero-order valence-electron chi connectivity index (χ0n) is 12.3. The second-order valence-corrected chi connectivity index (χ2v) is 6.33. The highest BCUT2D eigenvalue weighted by Gasteiger charge is 2.08. The smallest absolute Gasteiger partial charge is 0.0223 e. The number of benzene rings is 1. The fourth-order valence-corrected chi connectivity index (χ4v) is 1.96. The Hall–Kier alpha value is -0.860. The average Bonchev–Trinajstić information content (AvgIpc) is 2.24. The fourth-order valence-electron chi connectivity index (χ4n) is 1.96. The number of hydrogen-bond acceptors (Lipinski definition) is 2. The second-order valence-electron chi connectivity index (χ2n) is 6.33. The van der Waals surface area contributed by atoms with Gasteiger partial charge in [0.15, 0.2) is 0 Å². The lowest BCUT2D eigenvalue weighted by molar-refractivity contribution is 0.469. The van der Waals surface area contributed by atoms with Crippen molar-refractivity contribution in [2.24, 2.45) is 11.7 Å². The van der Waals surface area contributed by atoms with Crippen LogP contribution in [0.15, 0.2) is 24.3 Å². The van der Waals surface area contributed by atoms with E-state index in [-0.39, 0.29) is 5.54 Å². The van der Waals surface area contributed by atoms with E-state index in [1.807, 2.05) is 13.8 Å². The Morgan fingerprint density at radius 3 is 2.17 bits per heavy atom. The maximum absolute atomic E-state index is 5.92. The first-order valence-corrected chi connectivity index (χ1v) is 6.94. The normalized spacial score (nSPS) is 12.1. The fraction of sp³-hybridized carbons (Fsp3) is 0.625. The van der Waals surface area contributed by atoms with Crippen molar-refractivity contribution in [3.05, 3.63) is 35.4 Å². The number of nitrogens with one attached hydrogen (secondary N) is 1. The Morgan fingerprint density at radius 1 is 1.11 bits per heavy atom. The standard InChI is InChI=1S/C16H28N2/c1-13(2)11-15-7-5-14(6-8-15)9-10-18-12-16(3,4)17/h5-8,13,18H,9-12,17H2,1-4H3. The van der Waals surface area contributed by atoms with Crippen molar-refractivity contribution < 1.29 is 0 Å². The molecule has 0 fully saturated rings. The summed E-state index contributed by atoms with van der Waals surface area (Å²) in [6.07, 6.45) is 2.23. The van der Waals surface area contributed by atoms with Crippen molar-refractivity contribution in [1.29, 1.82) is 0 Å². The third-order valence-electron chi connectivity index (χ3n) is 2.84. The molecule has 18 heavy (non-hydrogen) atoms. The van der Waals surface area contributed by atoms with Gasteiger partial charge >= 0.3 is 0 Å². The Bertz CT molecular complexity index is 333. The molecule has 0 aromatic heterocycles. The summed E-state index contributed by atoms with van der Waals surface area (Å²) in [6, 6.07) is 8.99. The van der Waals surface area contributed by atoms with Crippen LogP contribution in [0.3, 0.4) is 0 Å². The molecule has 0 radical (unpaired) electrons. The third-order valence-corrected chi connectivity index (χ3v) is 2.84. The van der Waals surface area contributed by atoms with Crippen LogP contribution in [-0.4, -0.2) is 18.6 Å². The van der Waals surface area contributed by atoms with Crippen molar-refractivity contribution >= 4 is 0 Å². The molecule has 0 atom stereocenters. The van der Waals surface area contributed by atoms with E-state index in [0.29, 0.717) is 0 Å². The van der Waals surface area contributed by atoms with Crippen LogP contribution in [0.4, 0.5) is 0 Å². The molecule has 102 valence electrons. The van der Waals surface area contributed by atoms with Gasteiger partial charge in [-0.25, -0.2) is 0 Å². The van der Waals surface area contributed by atoms with Crippen molar-refractivity contribution in [1.82, 2.24) is 5.32 Å². The molecule has 3 N–H and O–H groups in total. The van der Waals surface area contributed by atoms with Gasteiger partial charge in [-0.3, -0.25) is 0 Å². The molecule has 0 unspecified atom stereocenters. The summed E-state index contributed by atoms with van der Waals surface area (Å²) >= 11 is 0. The van der Waals surface area contributed by atoms with Gasteiger partial charge in [-0.2, -0.15) is 0 Å². The molecule has 0 saturated carbocycles. The lowest BCUT2D eigenvalue weighted by atomic mass is 10.0. The van der Waals surface area contributed by atoms with E-state index in [2.05, 4.69) is 43.4 Å². The summed E-state index contributed by atoms with van der Waals surface area (Å²) in [6.45, 7) is 10.4. The van der Waals surface area contributed by atoms with Crippen LogP contribution in [0, 0.1) is 5.92 Å². The third kappa shape index (κ3) is 6.77. The molecule has 0 spiro atoms. The van der Waals surface area contributed by atoms with Crippen LogP contribution in [0.25, 0.3) is 0 Å². The minimum Gasteiger partial charge on any atom is -0.324 e. The van der Waals surface area contributed by atoms with E-state index in [1.165, 1.54) is 17.5 Å². The van der Waals surface area contributed by atoms with E-state index in [4.69, 9.17) is 5.73 Å².